The first-order chi connectivity index (χ1) is 8.78. The largest absolute Gasteiger partial charge is 0.497 e. The standard InChI is InChI=1S/C13H14N2O3/c1-17-12-4-2-11(3-5-12)15-13(16)14-8-10-6-7-18-9-10/h2-7,9H,8H2,1H3,(H2,14,15,16). The molecule has 2 N–H and O–H groups in total. The first-order valence-corrected chi connectivity index (χ1v) is 5.48. The van der Waals surface area contributed by atoms with E-state index < -0.39 is 0 Å². The van der Waals surface area contributed by atoms with Crippen LogP contribution in [0.4, 0.5) is 10.5 Å². The van der Waals surface area contributed by atoms with E-state index in [1.165, 1.54) is 0 Å². The third-order valence-corrected chi connectivity index (χ3v) is 2.38. The number of urea groups is 1. The molecule has 5 nitrogen and oxygen atoms in total. The van der Waals surface area contributed by atoms with Gasteiger partial charge >= 0.3 is 6.03 Å². The summed E-state index contributed by atoms with van der Waals surface area (Å²) >= 11 is 0. The molecule has 1 aromatic heterocycles. The Hall–Kier alpha value is -2.43. The Balaban J connectivity index is 1.83. The van der Waals surface area contributed by atoms with Crippen molar-refractivity contribution < 1.29 is 13.9 Å². The molecule has 2 aromatic rings. The van der Waals surface area contributed by atoms with Crippen LogP contribution in [0, 0.1) is 0 Å². The maximum absolute atomic E-state index is 11.6. The van der Waals surface area contributed by atoms with Crippen LogP contribution in [0.25, 0.3) is 0 Å². The van der Waals surface area contributed by atoms with Gasteiger partial charge in [-0.05, 0) is 30.3 Å². The van der Waals surface area contributed by atoms with Gasteiger partial charge in [0.05, 0.1) is 19.6 Å². The quantitative estimate of drug-likeness (QED) is 0.871. The number of furan rings is 1. The number of nitrogens with one attached hydrogen (secondary N) is 2. The normalized spacial score (nSPS) is 9.83. The van der Waals surface area contributed by atoms with Crippen molar-refractivity contribution in [2.24, 2.45) is 0 Å². The van der Waals surface area contributed by atoms with Crippen LogP contribution in [0.1, 0.15) is 5.56 Å². The molecular formula is C13H14N2O3. The molecule has 0 aliphatic heterocycles. The molecule has 0 bridgehead atoms. The predicted molar refractivity (Wildman–Crippen MR) is 67.6 cm³/mol. The number of carbonyl (C=O) groups is 1. The van der Waals surface area contributed by atoms with E-state index in [0.29, 0.717) is 12.2 Å². The molecule has 0 aliphatic carbocycles. The van der Waals surface area contributed by atoms with Crippen LogP contribution in [0.3, 0.4) is 0 Å². The highest BCUT2D eigenvalue weighted by Crippen LogP contribution is 2.14. The Bertz CT molecular complexity index is 491. The van der Waals surface area contributed by atoms with Gasteiger partial charge < -0.3 is 19.8 Å². The van der Waals surface area contributed by atoms with Gasteiger partial charge in [-0.1, -0.05) is 0 Å². The lowest BCUT2D eigenvalue weighted by molar-refractivity contribution is 0.251. The number of methoxy groups -OCH3 is 1. The van der Waals surface area contributed by atoms with E-state index in [-0.39, 0.29) is 6.03 Å². The molecule has 0 atom stereocenters. The Kier molecular flexibility index (Phi) is 3.86. The monoisotopic (exact) mass is 246 g/mol. The zero-order valence-corrected chi connectivity index (χ0v) is 9.97. The molecule has 2 amide bonds. The second-order valence-corrected chi connectivity index (χ2v) is 3.67. The van der Waals surface area contributed by atoms with Crippen molar-refractivity contribution in [1.82, 2.24) is 5.32 Å². The summed E-state index contributed by atoms with van der Waals surface area (Å²) in [7, 11) is 1.60. The van der Waals surface area contributed by atoms with Gasteiger partial charge in [-0.15, -0.1) is 0 Å². The highest BCUT2D eigenvalue weighted by molar-refractivity contribution is 5.89. The second kappa shape index (κ2) is 5.77. The van der Waals surface area contributed by atoms with Crippen molar-refractivity contribution in [2.45, 2.75) is 6.54 Å². The van der Waals surface area contributed by atoms with Crippen LogP contribution in [-0.2, 0) is 6.54 Å². The Labute approximate surface area is 105 Å². The minimum atomic E-state index is -0.263. The minimum absolute atomic E-state index is 0.263. The van der Waals surface area contributed by atoms with Crippen LogP contribution in [0.2, 0.25) is 0 Å². The number of rotatable bonds is 4. The van der Waals surface area contributed by atoms with Crippen LogP contribution in [0.5, 0.6) is 5.75 Å². The molecule has 0 saturated heterocycles. The van der Waals surface area contributed by atoms with Crippen molar-refractivity contribution in [2.75, 3.05) is 12.4 Å². The molecule has 0 spiro atoms. The summed E-state index contributed by atoms with van der Waals surface area (Å²) in [6.07, 6.45) is 3.16. The molecule has 0 radical (unpaired) electrons. The Morgan fingerprint density at radius 2 is 2.06 bits per heavy atom. The van der Waals surface area contributed by atoms with Gasteiger partial charge in [-0.25, -0.2) is 4.79 Å². The van der Waals surface area contributed by atoms with Crippen LogP contribution in [-0.4, -0.2) is 13.1 Å². The molecule has 1 aromatic carbocycles. The maximum atomic E-state index is 11.6. The number of amides is 2. The highest BCUT2D eigenvalue weighted by atomic mass is 16.5. The molecule has 18 heavy (non-hydrogen) atoms. The van der Waals surface area contributed by atoms with E-state index in [1.54, 1.807) is 50.0 Å². The molecule has 0 unspecified atom stereocenters. The van der Waals surface area contributed by atoms with Crippen LogP contribution >= 0.6 is 0 Å². The van der Waals surface area contributed by atoms with Crippen LogP contribution in [0.15, 0.2) is 47.3 Å². The highest BCUT2D eigenvalue weighted by Gasteiger charge is 2.02. The molecule has 1 heterocycles. The average Bonchev–Trinajstić information content (AvgIpc) is 2.90. The molecule has 2 rings (SSSR count). The smallest absolute Gasteiger partial charge is 0.319 e. The van der Waals surface area contributed by atoms with E-state index in [2.05, 4.69) is 10.6 Å². The van der Waals surface area contributed by atoms with Gasteiger partial charge in [0, 0.05) is 17.8 Å². The Morgan fingerprint density at radius 1 is 1.28 bits per heavy atom. The van der Waals surface area contributed by atoms with Crippen molar-refractivity contribution >= 4 is 11.7 Å². The van der Waals surface area contributed by atoms with Gasteiger partial charge in [0.25, 0.3) is 0 Å². The summed E-state index contributed by atoms with van der Waals surface area (Å²) in [6, 6.07) is 8.65. The minimum Gasteiger partial charge on any atom is -0.497 e. The van der Waals surface area contributed by atoms with Gasteiger partial charge in [-0.3, -0.25) is 0 Å². The van der Waals surface area contributed by atoms with Gasteiger partial charge in [0.2, 0.25) is 0 Å². The lowest BCUT2D eigenvalue weighted by Crippen LogP contribution is -2.27. The van der Waals surface area contributed by atoms with E-state index >= 15 is 0 Å². The summed E-state index contributed by atoms with van der Waals surface area (Å²) in [4.78, 5) is 11.6. The summed E-state index contributed by atoms with van der Waals surface area (Å²) in [6.45, 7) is 0.429. The summed E-state index contributed by atoms with van der Waals surface area (Å²) < 4.78 is 9.94. The fraction of sp³-hybridized carbons (Fsp3) is 0.154. The Morgan fingerprint density at radius 3 is 2.67 bits per heavy atom. The summed E-state index contributed by atoms with van der Waals surface area (Å²) in [5, 5.41) is 5.44. The average molecular weight is 246 g/mol. The number of anilines is 1. The first-order valence-electron chi connectivity index (χ1n) is 5.48. The number of hydrogen-bond donors (Lipinski definition) is 2. The number of carbonyl (C=O) groups excluding carboxylic acids is 1. The van der Waals surface area contributed by atoms with Gasteiger partial charge in [-0.2, -0.15) is 0 Å². The first kappa shape index (κ1) is 12.0. The molecule has 94 valence electrons. The van der Waals surface area contributed by atoms with Gasteiger partial charge in [0.15, 0.2) is 0 Å². The van der Waals surface area contributed by atoms with Crippen molar-refractivity contribution in [3.63, 3.8) is 0 Å². The van der Waals surface area contributed by atoms with Gasteiger partial charge in [0.1, 0.15) is 5.75 Å². The number of hydrogen-bond acceptors (Lipinski definition) is 3. The zero-order chi connectivity index (χ0) is 12.8. The van der Waals surface area contributed by atoms with E-state index in [1.807, 2.05) is 0 Å². The molecule has 0 aliphatic rings. The lowest BCUT2D eigenvalue weighted by atomic mass is 10.3. The predicted octanol–water partition coefficient (Wildman–Crippen LogP) is 2.61. The number of benzene rings is 1. The van der Waals surface area contributed by atoms with Crippen molar-refractivity contribution in [1.29, 1.82) is 0 Å². The summed E-state index contributed by atoms with van der Waals surface area (Å²) in [5.41, 5.74) is 1.63. The fourth-order valence-electron chi connectivity index (χ4n) is 1.43. The van der Waals surface area contributed by atoms with E-state index in [4.69, 9.17) is 9.15 Å². The maximum Gasteiger partial charge on any atom is 0.319 e. The van der Waals surface area contributed by atoms with Crippen molar-refractivity contribution in [3.8, 4) is 5.75 Å². The molecular weight excluding hydrogens is 232 g/mol. The topological polar surface area (TPSA) is 63.5 Å². The van der Waals surface area contributed by atoms with Crippen LogP contribution < -0.4 is 15.4 Å². The third-order valence-electron chi connectivity index (χ3n) is 2.38. The van der Waals surface area contributed by atoms with E-state index in [0.717, 1.165) is 11.3 Å². The van der Waals surface area contributed by atoms with Crippen molar-refractivity contribution in [3.05, 3.63) is 48.4 Å². The zero-order valence-electron chi connectivity index (χ0n) is 9.97. The third kappa shape index (κ3) is 3.28. The molecule has 0 saturated carbocycles. The van der Waals surface area contributed by atoms with E-state index in [9.17, 15) is 4.79 Å². The number of ether oxygens (including phenoxy) is 1. The fourth-order valence-corrected chi connectivity index (χ4v) is 1.43. The second-order valence-electron chi connectivity index (χ2n) is 3.67. The summed E-state index contributed by atoms with van der Waals surface area (Å²) in [5.74, 6) is 0.749. The molecule has 5 heteroatoms. The lowest BCUT2D eigenvalue weighted by Gasteiger charge is -2.07. The molecule has 0 fully saturated rings. The SMILES string of the molecule is COc1ccc(NC(=O)NCc2ccoc2)cc1.